The first-order valence-corrected chi connectivity index (χ1v) is 6.67. The summed E-state index contributed by atoms with van der Waals surface area (Å²) in [6.45, 7) is 3.01. The van der Waals surface area contributed by atoms with Gasteiger partial charge in [0.2, 0.25) is 0 Å². The number of nitrogens with zero attached hydrogens (tertiary/aromatic N) is 1. The van der Waals surface area contributed by atoms with Crippen molar-refractivity contribution >= 4 is 22.4 Å². The second kappa shape index (κ2) is 5.42. The Morgan fingerprint density at radius 2 is 2.41 bits per heavy atom. The van der Waals surface area contributed by atoms with Crippen LogP contribution in [-0.4, -0.2) is 17.5 Å². The van der Waals surface area contributed by atoms with Gasteiger partial charge in [-0.1, -0.05) is 23.8 Å². The van der Waals surface area contributed by atoms with E-state index in [1.165, 1.54) is 29.8 Å². The van der Waals surface area contributed by atoms with Crippen molar-refractivity contribution in [1.29, 1.82) is 0 Å². The lowest BCUT2D eigenvalue weighted by Gasteiger charge is -2.05. The van der Waals surface area contributed by atoms with E-state index < -0.39 is 0 Å². The van der Waals surface area contributed by atoms with Crippen molar-refractivity contribution in [3.05, 3.63) is 32.7 Å². The summed E-state index contributed by atoms with van der Waals surface area (Å²) in [7, 11) is 0. The molecule has 0 amide bonds. The molecule has 0 spiro atoms. The quantitative estimate of drug-likeness (QED) is 0.625. The summed E-state index contributed by atoms with van der Waals surface area (Å²) in [6.07, 6.45) is 5.60. The Labute approximate surface area is 104 Å². The van der Waals surface area contributed by atoms with Crippen LogP contribution < -0.4 is 5.32 Å². The Bertz CT molecular complexity index is 435. The number of hydrogen-bond donors (Lipinski definition) is 1. The lowest BCUT2D eigenvalue weighted by molar-refractivity contribution is -0.380. The molecule has 0 radical (unpaired) electrons. The van der Waals surface area contributed by atoms with Crippen LogP contribution in [-0.2, 0) is 0 Å². The lowest BCUT2D eigenvalue weighted by Crippen LogP contribution is -2.18. The van der Waals surface area contributed by atoms with E-state index in [-0.39, 0.29) is 9.92 Å². The summed E-state index contributed by atoms with van der Waals surface area (Å²) in [4.78, 5) is 11.2. The maximum absolute atomic E-state index is 10.6. The Hall–Kier alpha value is -1.20. The average molecular weight is 252 g/mol. The Kier molecular flexibility index (Phi) is 3.91. The fourth-order valence-electron chi connectivity index (χ4n) is 1.56. The molecule has 2 rings (SSSR count). The minimum atomic E-state index is -0.337. The van der Waals surface area contributed by atoms with Crippen molar-refractivity contribution in [2.75, 3.05) is 6.54 Å². The molecule has 5 heteroatoms. The molecular formula is C12H16N2O2S. The predicted molar refractivity (Wildman–Crippen MR) is 70.3 cm³/mol. The number of nitro groups is 1. The lowest BCUT2D eigenvalue weighted by atomic mass is 10.2. The summed E-state index contributed by atoms with van der Waals surface area (Å²) in [5.41, 5.74) is 1.30. The van der Waals surface area contributed by atoms with Crippen LogP contribution in [0.15, 0.2) is 17.7 Å². The smallest absolute Gasteiger partial charge is 0.310 e. The van der Waals surface area contributed by atoms with Gasteiger partial charge >= 0.3 is 5.00 Å². The van der Waals surface area contributed by atoms with Crippen molar-refractivity contribution in [1.82, 2.24) is 5.32 Å². The van der Waals surface area contributed by atoms with Gasteiger partial charge in [0.05, 0.1) is 4.92 Å². The highest BCUT2D eigenvalue weighted by molar-refractivity contribution is 7.16. The molecule has 1 saturated carbocycles. The summed E-state index contributed by atoms with van der Waals surface area (Å²) >= 11 is 1.23. The Balaban J connectivity index is 1.99. The fraction of sp³-hybridized carbons (Fsp3) is 0.500. The van der Waals surface area contributed by atoms with E-state index in [0.717, 1.165) is 17.8 Å². The van der Waals surface area contributed by atoms with Gasteiger partial charge in [-0.25, -0.2) is 0 Å². The molecule has 1 aromatic rings. The van der Waals surface area contributed by atoms with Crippen LogP contribution in [0.4, 0.5) is 5.00 Å². The maximum atomic E-state index is 10.6. The van der Waals surface area contributed by atoms with Crippen LogP contribution in [0.2, 0.25) is 0 Å². The molecule has 0 aromatic carbocycles. The summed E-state index contributed by atoms with van der Waals surface area (Å²) < 4.78 is 0. The van der Waals surface area contributed by atoms with E-state index in [9.17, 15) is 10.1 Å². The van der Waals surface area contributed by atoms with E-state index in [1.54, 1.807) is 6.07 Å². The normalized spacial score (nSPS) is 16.2. The summed E-state index contributed by atoms with van der Waals surface area (Å²) in [6, 6.07) is 4.08. The predicted octanol–water partition coefficient (Wildman–Crippen LogP) is 3.20. The first kappa shape index (κ1) is 12.3. The van der Waals surface area contributed by atoms with Gasteiger partial charge in [-0.3, -0.25) is 10.1 Å². The van der Waals surface area contributed by atoms with E-state index in [0.29, 0.717) is 6.04 Å². The van der Waals surface area contributed by atoms with Gasteiger partial charge in [-0.2, -0.15) is 0 Å². The van der Waals surface area contributed by atoms with Crippen LogP contribution in [0, 0.1) is 10.1 Å². The monoisotopic (exact) mass is 252 g/mol. The second-order valence-corrected chi connectivity index (χ2v) is 5.34. The fourth-order valence-corrected chi connectivity index (χ4v) is 2.37. The van der Waals surface area contributed by atoms with Crippen LogP contribution in [0.5, 0.6) is 0 Å². The second-order valence-electron chi connectivity index (χ2n) is 4.24. The van der Waals surface area contributed by atoms with Crippen LogP contribution in [0.3, 0.4) is 0 Å². The molecule has 1 aromatic heterocycles. The van der Waals surface area contributed by atoms with Crippen molar-refractivity contribution < 1.29 is 4.92 Å². The molecule has 1 aliphatic rings. The molecule has 0 saturated heterocycles. The molecule has 0 unspecified atom stereocenters. The van der Waals surface area contributed by atoms with Gasteiger partial charge < -0.3 is 5.32 Å². The summed E-state index contributed by atoms with van der Waals surface area (Å²) in [5, 5.41) is 14.2. The molecule has 4 nitrogen and oxygen atoms in total. The third kappa shape index (κ3) is 3.64. The molecule has 0 atom stereocenters. The molecule has 1 heterocycles. The molecular weight excluding hydrogens is 236 g/mol. The molecule has 1 fully saturated rings. The van der Waals surface area contributed by atoms with Crippen molar-refractivity contribution in [2.24, 2.45) is 0 Å². The standard InChI is InChI=1S/C12H16N2O2S/c1-2-9(8-13-10-3-4-10)7-11-5-6-12(17-11)14(15)16/h5-7,10,13H,2-4,8H2,1H3/b9-7-. The average Bonchev–Trinajstić information content (AvgIpc) is 3.01. The zero-order valence-electron chi connectivity index (χ0n) is 9.81. The molecule has 0 aliphatic heterocycles. The highest BCUT2D eigenvalue weighted by Gasteiger charge is 2.20. The van der Waals surface area contributed by atoms with E-state index in [4.69, 9.17) is 0 Å². The first-order valence-electron chi connectivity index (χ1n) is 5.86. The van der Waals surface area contributed by atoms with E-state index in [1.807, 2.05) is 6.07 Å². The third-order valence-corrected chi connectivity index (χ3v) is 3.77. The molecule has 1 aliphatic carbocycles. The van der Waals surface area contributed by atoms with Crippen LogP contribution in [0.1, 0.15) is 31.1 Å². The highest BCUT2D eigenvalue weighted by Crippen LogP contribution is 2.26. The van der Waals surface area contributed by atoms with Crippen LogP contribution in [0.25, 0.3) is 6.08 Å². The topological polar surface area (TPSA) is 55.2 Å². The van der Waals surface area contributed by atoms with Crippen LogP contribution >= 0.6 is 11.3 Å². The number of rotatable bonds is 6. The Morgan fingerprint density at radius 1 is 1.65 bits per heavy atom. The third-order valence-electron chi connectivity index (χ3n) is 2.79. The largest absolute Gasteiger partial charge is 0.324 e. The van der Waals surface area contributed by atoms with Gasteiger partial charge in [0, 0.05) is 23.5 Å². The first-order chi connectivity index (χ1) is 8.19. The van der Waals surface area contributed by atoms with Gasteiger partial charge in [-0.05, 0) is 31.4 Å². The van der Waals surface area contributed by atoms with Gasteiger partial charge in [-0.15, -0.1) is 0 Å². The zero-order chi connectivity index (χ0) is 12.3. The van der Waals surface area contributed by atoms with Crippen molar-refractivity contribution in [3.8, 4) is 0 Å². The van der Waals surface area contributed by atoms with Crippen molar-refractivity contribution in [3.63, 3.8) is 0 Å². The van der Waals surface area contributed by atoms with Gasteiger partial charge in [0.25, 0.3) is 0 Å². The molecule has 92 valence electrons. The Morgan fingerprint density at radius 3 is 2.94 bits per heavy atom. The van der Waals surface area contributed by atoms with Gasteiger partial charge in [0.1, 0.15) is 0 Å². The van der Waals surface area contributed by atoms with Crippen molar-refractivity contribution in [2.45, 2.75) is 32.2 Å². The molecule has 1 N–H and O–H groups in total. The number of nitrogens with one attached hydrogen (secondary N) is 1. The number of hydrogen-bond acceptors (Lipinski definition) is 4. The molecule has 0 bridgehead atoms. The summed E-state index contributed by atoms with van der Waals surface area (Å²) in [5.74, 6) is 0. The molecule has 17 heavy (non-hydrogen) atoms. The van der Waals surface area contributed by atoms with Gasteiger partial charge in [0.15, 0.2) is 0 Å². The highest BCUT2D eigenvalue weighted by atomic mass is 32.1. The SMILES string of the molecule is CC/C(=C/c1ccc([N+](=O)[O-])s1)CNC1CC1. The maximum Gasteiger partial charge on any atom is 0.324 e. The van der Waals surface area contributed by atoms with E-state index in [2.05, 4.69) is 18.3 Å². The number of thiophene rings is 1. The minimum Gasteiger partial charge on any atom is -0.310 e. The minimum absolute atomic E-state index is 0.210. The van der Waals surface area contributed by atoms with E-state index >= 15 is 0 Å². The zero-order valence-corrected chi connectivity index (χ0v) is 10.6.